The van der Waals surface area contributed by atoms with Crippen LogP contribution in [0.15, 0.2) is 42.6 Å². The predicted octanol–water partition coefficient (Wildman–Crippen LogP) is 4.90. The normalized spacial score (nSPS) is 13.7. The van der Waals surface area contributed by atoms with E-state index in [1.54, 1.807) is 18.7 Å². The molecule has 0 fully saturated rings. The molecule has 1 aliphatic heterocycles. The molecule has 0 saturated carbocycles. The van der Waals surface area contributed by atoms with Gasteiger partial charge in [-0.1, -0.05) is 0 Å². The van der Waals surface area contributed by atoms with E-state index < -0.39 is 23.8 Å². The van der Waals surface area contributed by atoms with Gasteiger partial charge in [-0.2, -0.15) is 4.98 Å². The van der Waals surface area contributed by atoms with Crippen molar-refractivity contribution in [3.05, 3.63) is 65.2 Å². The lowest BCUT2D eigenvalue weighted by atomic mass is 10.0. The number of aromatic nitrogens is 2. The number of nitrogens with zero attached hydrogens (tertiary/aromatic N) is 4. The first-order valence-electron chi connectivity index (χ1n) is 9.70. The monoisotopic (exact) mass is 462 g/mol. The highest BCUT2D eigenvalue weighted by Crippen LogP contribution is 2.40. The van der Waals surface area contributed by atoms with Crippen LogP contribution in [0.4, 0.5) is 34.6 Å². The van der Waals surface area contributed by atoms with Gasteiger partial charge in [0.25, 0.3) is 5.91 Å². The quantitative estimate of drug-likeness (QED) is 0.514. The third-order valence-electron chi connectivity index (χ3n) is 5.11. The summed E-state index contributed by atoms with van der Waals surface area (Å²) in [6.07, 6.45) is -3.46. The van der Waals surface area contributed by atoms with Gasteiger partial charge in [0.2, 0.25) is 0 Å². The van der Waals surface area contributed by atoms with Crippen molar-refractivity contribution in [2.24, 2.45) is 0 Å². The Morgan fingerprint density at radius 3 is 2.39 bits per heavy atom. The highest BCUT2D eigenvalue weighted by molar-refractivity contribution is 6.13. The number of hydrogen-bond donors (Lipinski definition) is 0. The van der Waals surface area contributed by atoms with Gasteiger partial charge in [-0.05, 0) is 49.7 Å². The number of halogens is 4. The number of carbonyl (C=O) groups is 1. The molecule has 3 aromatic rings. The molecule has 0 spiro atoms. The Labute approximate surface area is 186 Å². The molecule has 0 unspecified atom stereocenters. The summed E-state index contributed by atoms with van der Waals surface area (Å²) in [5.74, 6) is -1.40. The molecule has 4 rings (SSSR count). The van der Waals surface area contributed by atoms with Gasteiger partial charge in [0.05, 0.1) is 35.9 Å². The molecule has 0 bridgehead atoms. The van der Waals surface area contributed by atoms with Crippen LogP contribution < -0.4 is 19.3 Å². The van der Waals surface area contributed by atoms with Gasteiger partial charge < -0.3 is 14.4 Å². The highest BCUT2D eigenvalue weighted by atomic mass is 19.4. The van der Waals surface area contributed by atoms with Gasteiger partial charge >= 0.3 is 12.4 Å². The van der Waals surface area contributed by atoms with Crippen molar-refractivity contribution >= 4 is 23.0 Å². The molecule has 2 heterocycles. The molecule has 2 aromatic carbocycles. The number of amides is 1. The van der Waals surface area contributed by atoms with Gasteiger partial charge in [-0.3, -0.25) is 9.69 Å². The van der Waals surface area contributed by atoms with Gasteiger partial charge in [-0.15, -0.1) is 13.2 Å². The molecule has 0 N–H and O–H groups in total. The van der Waals surface area contributed by atoms with Crippen LogP contribution in [0.1, 0.15) is 21.6 Å². The predicted molar refractivity (Wildman–Crippen MR) is 111 cm³/mol. The van der Waals surface area contributed by atoms with E-state index in [0.29, 0.717) is 22.6 Å². The first kappa shape index (κ1) is 22.3. The van der Waals surface area contributed by atoms with E-state index in [1.165, 1.54) is 42.5 Å². The summed E-state index contributed by atoms with van der Waals surface area (Å²) in [5, 5.41) is 0. The van der Waals surface area contributed by atoms with Crippen molar-refractivity contribution in [2.75, 3.05) is 23.6 Å². The number of alkyl halides is 3. The largest absolute Gasteiger partial charge is 0.573 e. The first-order chi connectivity index (χ1) is 15.6. The molecule has 0 atom stereocenters. The number of aryl methyl sites for hydroxylation is 2. The van der Waals surface area contributed by atoms with Crippen LogP contribution in [0.3, 0.4) is 0 Å². The maximum absolute atomic E-state index is 13.7. The molecule has 1 amide bonds. The van der Waals surface area contributed by atoms with Crippen LogP contribution in [-0.4, -0.2) is 36.0 Å². The van der Waals surface area contributed by atoms with E-state index in [4.69, 9.17) is 4.74 Å². The third kappa shape index (κ3) is 4.38. The molecule has 0 saturated heterocycles. The van der Waals surface area contributed by atoms with E-state index in [1.807, 2.05) is 0 Å². The first-order valence-corrected chi connectivity index (χ1v) is 9.70. The van der Waals surface area contributed by atoms with Crippen LogP contribution in [-0.2, 0) is 0 Å². The second-order valence-electron chi connectivity index (χ2n) is 7.29. The van der Waals surface area contributed by atoms with Gasteiger partial charge in [0.1, 0.15) is 18.2 Å². The average molecular weight is 462 g/mol. The Balaban J connectivity index is 1.86. The Hall–Kier alpha value is -3.89. The number of anilines is 3. The van der Waals surface area contributed by atoms with Gasteiger partial charge in [0.15, 0.2) is 0 Å². The van der Waals surface area contributed by atoms with Crippen molar-refractivity contribution in [2.45, 2.75) is 20.2 Å². The highest BCUT2D eigenvalue weighted by Gasteiger charge is 2.35. The minimum atomic E-state index is -4.90. The second kappa shape index (κ2) is 8.23. The Kier molecular flexibility index (Phi) is 5.56. The van der Waals surface area contributed by atoms with Crippen molar-refractivity contribution < 1.29 is 31.8 Å². The number of rotatable bonds is 4. The number of fused-ring (bicyclic) bond motifs is 1. The number of hydrogen-bond acceptors (Lipinski definition) is 6. The van der Waals surface area contributed by atoms with E-state index >= 15 is 0 Å². The lowest BCUT2D eigenvalue weighted by molar-refractivity contribution is -0.274. The van der Waals surface area contributed by atoms with E-state index in [2.05, 4.69) is 14.7 Å². The summed E-state index contributed by atoms with van der Waals surface area (Å²) in [6, 6.07) is 7.63. The minimum absolute atomic E-state index is 0.0791. The van der Waals surface area contributed by atoms with E-state index in [0.717, 1.165) is 12.1 Å². The van der Waals surface area contributed by atoms with Crippen LogP contribution in [0.25, 0.3) is 0 Å². The Bertz CT molecular complexity index is 1230. The van der Waals surface area contributed by atoms with Crippen molar-refractivity contribution in [3.8, 4) is 11.8 Å². The molecule has 0 aliphatic carbocycles. The minimum Gasteiger partial charge on any atom is -0.467 e. The lowest BCUT2D eigenvalue weighted by Crippen LogP contribution is -2.45. The second-order valence-corrected chi connectivity index (χ2v) is 7.29. The summed E-state index contributed by atoms with van der Waals surface area (Å²) < 4.78 is 61.2. The van der Waals surface area contributed by atoms with Crippen LogP contribution in [0.2, 0.25) is 0 Å². The zero-order chi connectivity index (χ0) is 23.9. The molecule has 33 heavy (non-hydrogen) atoms. The zero-order valence-electron chi connectivity index (χ0n) is 17.8. The molecule has 11 heteroatoms. The van der Waals surface area contributed by atoms with Crippen LogP contribution in [0.5, 0.6) is 11.8 Å². The summed E-state index contributed by atoms with van der Waals surface area (Å²) in [6.45, 7) is 3.26. The average Bonchev–Trinajstić information content (AvgIpc) is 2.74. The van der Waals surface area contributed by atoms with Crippen molar-refractivity contribution in [1.29, 1.82) is 0 Å². The maximum Gasteiger partial charge on any atom is 0.573 e. The van der Waals surface area contributed by atoms with E-state index in [-0.39, 0.29) is 23.9 Å². The van der Waals surface area contributed by atoms with E-state index in [9.17, 15) is 22.4 Å². The number of methoxy groups -OCH3 is 1. The molecule has 1 aliphatic rings. The zero-order valence-corrected chi connectivity index (χ0v) is 17.8. The molecular formula is C22H18F4N4O3. The molecular weight excluding hydrogens is 444 g/mol. The standard InChI is InChI=1S/C22H18F4N4O3/c1-12-8-14(23)4-7-17(12)29-11-30(19-10-27-21(32-3)28-13(19)2)20(31)16-6-5-15(9-18(16)29)33-22(24,25)26/h4-10H,11H2,1-3H3. The fourth-order valence-corrected chi connectivity index (χ4v) is 3.66. The topological polar surface area (TPSA) is 67.8 Å². The Morgan fingerprint density at radius 2 is 1.76 bits per heavy atom. The van der Waals surface area contributed by atoms with Crippen LogP contribution >= 0.6 is 0 Å². The van der Waals surface area contributed by atoms with Gasteiger partial charge in [-0.25, -0.2) is 9.37 Å². The summed E-state index contributed by atoms with van der Waals surface area (Å²) in [7, 11) is 1.41. The molecule has 0 radical (unpaired) electrons. The number of benzene rings is 2. The summed E-state index contributed by atoms with van der Waals surface area (Å²) in [5.41, 5.74) is 2.22. The number of ether oxygens (including phenoxy) is 2. The smallest absolute Gasteiger partial charge is 0.467 e. The molecule has 172 valence electrons. The molecule has 7 nitrogen and oxygen atoms in total. The number of carbonyl (C=O) groups excluding carboxylic acids is 1. The Morgan fingerprint density at radius 1 is 1.00 bits per heavy atom. The van der Waals surface area contributed by atoms with Crippen molar-refractivity contribution in [1.82, 2.24) is 9.97 Å². The summed E-state index contributed by atoms with van der Waals surface area (Å²) >= 11 is 0. The SMILES string of the molecule is COc1ncc(N2CN(c3ccc(F)cc3C)c3cc(OC(F)(F)F)ccc3C2=O)c(C)n1. The van der Waals surface area contributed by atoms with Gasteiger partial charge in [0, 0.05) is 11.8 Å². The molecule has 1 aromatic heterocycles. The fourth-order valence-electron chi connectivity index (χ4n) is 3.66. The fraction of sp³-hybridized carbons (Fsp3) is 0.227. The third-order valence-corrected chi connectivity index (χ3v) is 5.11. The van der Waals surface area contributed by atoms with Crippen molar-refractivity contribution in [3.63, 3.8) is 0 Å². The van der Waals surface area contributed by atoms with Crippen LogP contribution in [0, 0.1) is 19.7 Å². The lowest BCUT2D eigenvalue weighted by Gasteiger charge is -2.39. The maximum atomic E-state index is 13.7. The summed E-state index contributed by atoms with van der Waals surface area (Å²) in [4.78, 5) is 24.6.